The second-order valence-electron chi connectivity index (χ2n) is 5.91. The van der Waals surface area contributed by atoms with Crippen LogP contribution in [0.25, 0.3) is 0 Å². The molecule has 0 saturated carbocycles. The molecule has 0 bridgehead atoms. The minimum Gasteiger partial charge on any atom is -0.312 e. The van der Waals surface area contributed by atoms with E-state index >= 15 is 0 Å². The maximum absolute atomic E-state index is 12.1. The van der Waals surface area contributed by atoms with Crippen LogP contribution in [0.5, 0.6) is 0 Å². The Balaban J connectivity index is 3.50. The molecule has 0 aliphatic carbocycles. The molecule has 0 aromatic heterocycles. The summed E-state index contributed by atoms with van der Waals surface area (Å²) in [4.78, 5) is 0. The summed E-state index contributed by atoms with van der Waals surface area (Å²) < 4.78 is 23.3. The van der Waals surface area contributed by atoms with Gasteiger partial charge in [-0.05, 0) is 58.4 Å². The third-order valence-corrected chi connectivity index (χ3v) is 6.11. The summed E-state index contributed by atoms with van der Waals surface area (Å²) in [5.41, 5.74) is 4.55. The third kappa shape index (κ3) is 3.00. The van der Waals surface area contributed by atoms with Gasteiger partial charge in [-0.15, -0.1) is 0 Å². The van der Waals surface area contributed by atoms with E-state index in [0.29, 0.717) is 0 Å². The van der Waals surface area contributed by atoms with Gasteiger partial charge in [0.1, 0.15) is 0 Å². The molecule has 0 aliphatic heterocycles. The van der Waals surface area contributed by atoms with Crippen LogP contribution < -0.4 is 5.32 Å². The summed E-state index contributed by atoms with van der Waals surface area (Å²) in [6.45, 7) is 9.69. The number of nitrogens with one attached hydrogen (secondary N) is 1. The van der Waals surface area contributed by atoms with Gasteiger partial charge in [0.05, 0.1) is 10.8 Å². The highest BCUT2D eigenvalue weighted by molar-refractivity contribution is 7.92. The fourth-order valence-corrected chi connectivity index (χ4v) is 3.36. The normalized spacial score (nSPS) is 14.5. The molecular weight excluding hydrogens is 258 g/mol. The summed E-state index contributed by atoms with van der Waals surface area (Å²) in [6.07, 6.45) is 1.30. The Morgan fingerprint density at radius 1 is 1.11 bits per heavy atom. The monoisotopic (exact) mass is 283 g/mol. The highest BCUT2D eigenvalue weighted by atomic mass is 32.2. The topological polar surface area (TPSA) is 46.2 Å². The van der Waals surface area contributed by atoms with Gasteiger partial charge in [-0.2, -0.15) is 0 Å². The molecule has 0 radical (unpaired) electrons. The zero-order valence-corrected chi connectivity index (χ0v) is 13.8. The van der Waals surface area contributed by atoms with E-state index in [1.807, 2.05) is 20.9 Å². The Kier molecular flexibility index (Phi) is 4.47. The SMILES string of the molecule is CNC(c1c(C)cc(C)cc1C)C(C)(C)S(C)(=O)=O. The first-order valence-electron chi connectivity index (χ1n) is 6.47. The smallest absolute Gasteiger partial charge is 0.154 e. The van der Waals surface area contributed by atoms with Crippen molar-refractivity contribution in [3.63, 3.8) is 0 Å². The summed E-state index contributed by atoms with van der Waals surface area (Å²) in [7, 11) is -1.35. The van der Waals surface area contributed by atoms with Crippen LogP contribution in [0, 0.1) is 20.8 Å². The van der Waals surface area contributed by atoms with Crippen molar-refractivity contribution in [1.29, 1.82) is 0 Å². The average molecular weight is 283 g/mol. The van der Waals surface area contributed by atoms with E-state index in [-0.39, 0.29) is 6.04 Å². The highest BCUT2D eigenvalue weighted by Crippen LogP contribution is 2.35. The molecule has 1 N–H and O–H groups in total. The molecule has 0 fully saturated rings. The van der Waals surface area contributed by atoms with Crippen molar-refractivity contribution < 1.29 is 8.42 Å². The molecular formula is C15H25NO2S. The van der Waals surface area contributed by atoms with Crippen LogP contribution in [0.2, 0.25) is 0 Å². The third-order valence-electron chi connectivity index (χ3n) is 3.97. The Hall–Kier alpha value is -0.870. The number of benzene rings is 1. The van der Waals surface area contributed by atoms with Gasteiger partial charge in [-0.25, -0.2) is 8.42 Å². The van der Waals surface area contributed by atoms with Gasteiger partial charge >= 0.3 is 0 Å². The minimum absolute atomic E-state index is 0.219. The van der Waals surface area contributed by atoms with E-state index in [2.05, 4.69) is 24.4 Å². The average Bonchev–Trinajstić information content (AvgIpc) is 2.20. The lowest BCUT2D eigenvalue weighted by molar-refractivity contribution is 0.443. The molecule has 0 amide bonds. The molecule has 3 nitrogen and oxygen atoms in total. The molecule has 1 rings (SSSR count). The Bertz CT molecular complexity index is 551. The second-order valence-corrected chi connectivity index (χ2v) is 8.51. The fourth-order valence-electron chi connectivity index (χ4n) is 2.70. The van der Waals surface area contributed by atoms with Crippen LogP contribution in [-0.2, 0) is 9.84 Å². The molecule has 4 heteroatoms. The minimum atomic E-state index is -3.17. The number of hydrogen-bond acceptors (Lipinski definition) is 3. The van der Waals surface area contributed by atoms with Gasteiger partial charge in [-0.3, -0.25) is 0 Å². The van der Waals surface area contributed by atoms with Crippen LogP contribution in [0.4, 0.5) is 0 Å². The summed E-state index contributed by atoms with van der Waals surface area (Å²) in [5.74, 6) is 0. The number of hydrogen-bond donors (Lipinski definition) is 1. The zero-order chi connectivity index (χ0) is 15.0. The van der Waals surface area contributed by atoms with Gasteiger partial charge in [0, 0.05) is 6.26 Å². The molecule has 0 heterocycles. The summed E-state index contributed by atoms with van der Waals surface area (Å²) in [5, 5.41) is 3.19. The first kappa shape index (κ1) is 16.2. The van der Waals surface area contributed by atoms with Crippen molar-refractivity contribution in [2.75, 3.05) is 13.3 Å². The van der Waals surface area contributed by atoms with E-state index in [0.717, 1.165) is 16.7 Å². The Labute approximate surface area is 117 Å². The lowest BCUT2D eigenvalue weighted by Gasteiger charge is -2.35. The van der Waals surface area contributed by atoms with E-state index in [9.17, 15) is 8.42 Å². The molecule has 0 aliphatic rings. The molecule has 1 aromatic carbocycles. The molecule has 19 heavy (non-hydrogen) atoms. The molecule has 1 aromatic rings. The van der Waals surface area contributed by atoms with Crippen molar-refractivity contribution in [2.45, 2.75) is 45.4 Å². The number of rotatable bonds is 4. The number of aryl methyl sites for hydroxylation is 3. The van der Waals surface area contributed by atoms with Crippen molar-refractivity contribution in [3.8, 4) is 0 Å². The molecule has 108 valence electrons. The predicted octanol–water partition coefficient (Wildman–Crippen LogP) is 2.70. The maximum Gasteiger partial charge on any atom is 0.154 e. The predicted molar refractivity (Wildman–Crippen MR) is 81.4 cm³/mol. The van der Waals surface area contributed by atoms with Gasteiger partial charge in [0.25, 0.3) is 0 Å². The van der Waals surface area contributed by atoms with Crippen molar-refractivity contribution in [3.05, 3.63) is 34.4 Å². The standard InChI is InChI=1S/C15H25NO2S/c1-10-8-11(2)13(12(3)9-10)14(16-6)15(4,5)19(7,17)18/h8-9,14,16H,1-7H3. The van der Waals surface area contributed by atoms with E-state index < -0.39 is 14.6 Å². The first-order chi connectivity index (χ1) is 8.52. The van der Waals surface area contributed by atoms with Crippen LogP contribution in [0.1, 0.15) is 42.1 Å². The lowest BCUT2D eigenvalue weighted by atomic mass is 9.87. The summed E-state index contributed by atoms with van der Waals surface area (Å²) in [6, 6.07) is 3.99. The van der Waals surface area contributed by atoms with Crippen LogP contribution in [0.15, 0.2) is 12.1 Å². The van der Waals surface area contributed by atoms with Crippen molar-refractivity contribution >= 4 is 9.84 Å². The van der Waals surface area contributed by atoms with Gasteiger partial charge in [0.2, 0.25) is 0 Å². The van der Waals surface area contributed by atoms with E-state index in [1.165, 1.54) is 11.8 Å². The quantitative estimate of drug-likeness (QED) is 0.924. The van der Waals surface area contributed by atoms with Gasteiger partial charge in [0.15, 0.2) is 9.84 Å². The molecule has 0 saturated heterocycles. The Morgan fingerprint density at radius 3 is 1.84 bits per heavy atom. The van der Waals surface area contributed by atoms with Crippen molar-refractivity contribution in [2.24, 2.45) is 0 Å². The van der Waals surface area contributed by atoms with Crippen LogP contribution in [0.3, 0.4) is 0 Å². The molecule has 1 atom stereocenters. The number of sulfone groups is 1. The second kappa shape index (κ2) is 5.25. The lowest BCUT2D eigenvalue weighted by Crippen LogP contribution is -2.44. The fraction of sp³-hybridized carbons (Fsp3) is 0.600. The van der Waals surface area contributed by atoms with Gasteiger partial charge < -0.3 is 5.32 Å². The van der Waals surface area contributed by atoms with E-state index in [1.54, 1.807) is 13.8 Å². The maximum atomic E-state index is 12.1. The largest absolute Gasteiger partial charge is 0.312 e. The Morgan fingerprint density at radius 2 is 1.53 bits per heavy atom. The van der Waals surface area contributed by atoms with Crippen LogP contribution >= 0.6 is 0 Å². The molecule has 1 unspecified atom stereocenters. The first-order valence-corrected chi connectivity index (χ1v) is 8.36. The van der Waals surface area contributed by atoms with E-state index in [4.69, 9.17) is 0 Å². The zero-order valence-electron chi connectivity index (χ0n) is 13.0. The summed E-state index contributed by atoms with van der Waals surface area (Å²) >= 11 is 0. The van der Waals surface area contributed by atoms with Gasteiger partial charge in [-0.1, -0.05) is 17.7 Å². The van der Waals surface area contributed by atoms with Crippen LogP contribution in [-0.4, -0.2) is 26.5 Å². The highest BCUT2D eigenvalue weighted by Gasteiger charge is 2.40. The van der Waals surface area contributed by atoms with Crippen molar-refractivity contribution in [1.82, 2.24) is 5.32 Å². The molecule has 0 spiro atoms.